The van der Waals surface area contributed by atoms with Gasteiger partial charge in [-0.3, -0.25) is 9.78 Å². The van der Waals surface area contributed by atoms with Gasteiger partial charge in [-0.1, -0.05) is 6.07 Å². The Bertz CT molecular complexity index is 541. The van der Waals surface area contributed by atoms with Gasteiger partial charge in [-0.15, -0.1) is 0 Å². The van der Waals surface area contributed by atoms with Crippen LogP contribution >= 0.6 is 0 Å². The average Bonchev–Trinajstić information content (AvgIpc) is 2.47. The molecule has 0 saturated carbocycles. The summed E-state index contributed by atoms with van der Waals surface area (Å²) in [6.07, 6.45) is 6.44. The maximum absolute atomic E-state index is 12.1. The van der Waals surface area contributed by atoms with Crippen molar-refractivity contribution in [3.63, 3.8) is 0 Å². The predicted molar refractivity (Wildman–Crippen MR) is 71.6 cm³/mol. The minimum absolute atomic E-state index is 0.168. The van der Waals surface area contributed by atoms with Crippen molar-refractivity contribution in [2.45, 2.75) is 6.54 Å². The molecule has 0 bridgehead atoms. The van der Waals surface area contributed by atoms with E-state index in [0.29, 0.717) is 18.1 Å². The van der Waals surface area contributed by atoms with Gasteiger partial charge in [-0.2, -0.15) is 0 Å². The van der Waals surface area contributed by atoms with Gasteiger partial charge in [0.2, 0.25) is 0 Å². The highest BCUT2D eigenvalue weighted by molar-refractivity contribution is 5.91. The van der Waals surface area contributed by atoms with Gasteiger partial charge in [0.25, 0.3) is 5.91 Å². The third-order valence-corrected chi connectivity index (χ3v) is 2.62. The van der Waals surface area contributed by atoms with Gasteiger partial charge in [0.05, 0.1) is 12.4 Å². The molecule has 98 valence electrons. The molecule has 19 heavy (non-hydrogen) atoms. The minimum Gasteiger partial charge on any atom is -0.372 e. The minimum atomic E-state index is -0.168. The normalized spacial score (nSPS) is 10.0. The number of anilines is 1. The Kier molecular flexibility index (Phi) is 4.02. The number of hydrogen-bond donors (Lipinski definition) is 1. The Morgan fingerprint density at radius 2 is 2.16 bits per heavy atom. The monoisotopic (exact) mass is 257 g/mol. The molecule has 0 aliphatic rings. The molecule has 0 saturated heterocycles. The van der Waals surface area contributed by atoms with Crippen LogP contribution in [0.15, 0.2) is 36.9 Å². The summed E-state index contributed by atoms with van der Waals surface area (Å²) in [5.41, 5.74) is 1.29. The first-order valence-corrected chi connectivity index (χ1v) is 5.85. The van der Waals surface area contributed by atoms with Crippen molar-refractivity contribution < 1.29 is 4.79 Å². The number of nitrogens with zero attached hydrogens (tertiary/aromatic N) is 4. The van der Waals surface area contributed by atoms with E-state index in [1.807, 2.05) is 12.1 Å². The zero-order valence-corrected chi connectivity index (χ0v) is 10.9. The van der Waals surface area contributed by atoms with E-state index in [-0.39, 0.29) is 5.91 Å². The SMILES string of the molecule is CNc1cnc(C(=O)N(C)Cc2cccnc2)cn1. The lowest BCUT2D eigenvalue weighted by Gasteiger charge is -2.16. The molecular weight excluding hydrogens is 242 g/mol. The molecule has 2 rings (SSSR count). The van der Waals surface area contributed by atoms with Crippen LogP contribution in [0, 0.1) is 0 Å². The summed E-state index contributed by atoms with van der Waals surface area (Å²) in [5.74, 6) is 0.463. The highest BCUT2D eigenvalue weighted by Crippen LogP contribution is 2.06. The highest BCUT2D eigenvalue weighted by Gasteiger charge is 2.13. The number of amides is 1. The quantitative estimate of drug-likeness (QED) is 0.890. The smallest absolute Gasteiger partial charge is 0.274 e. The predicted octanol–water partition coefficient (Wildman–Crippen LogP) is 1.19. The molecule has 0 atom stereocenters. The second-order valence-corrected chi connectivity index (χ2v) is 4.06. The van der Waals surface area contributed by atoms with E-state index in [2.05, 4.69) is 20.3 Å². The van der Waals surface area contributed by atoms with Gasteiger partial charge < -0.3 is 10.2 Å². The van der Waals surface area contributed by atoms with Crippen molar-refractivity contribution in [3.05, 3.63) is 48.2 Å². The van der Waals surface area contributed by atoms with Gasteiger partial charge in [0.1, 0.15) is 11.5 Å². The second kappa shape index (κ2) is 5.90. The molecule has 2 heterocycles. The van der Waals surface area contributed by atoms with Crippen LogP contribution < -0.4 is 5.32 Å². The molecule has 1 amide bonds. The van der Waals surface area contributed by atoms with Gasteiger partial charge in [0, 0.05) is 33.0 Å². The first-order valence-electron chi connectivity index (χ1n) is 5.85. The largest absolute Gasteiger partial charge is 0.372 e. The fourth-order valence-corrected chi connectivity index (χ4v) is 1.60. The van der Waals surface area contributed by atoms with Crippen molar-refractivity contribution >= 4 is 11.7 Å². The zero-order valence-electron chi connectivity index (χ0n) is 10.9. The molecule has 2 aromatic heterocycles. The maximum atomic E-state index is 12.1. The third-order valence-electron chi connectivity index (χ3n) is 2.62. The van der Waals surface area contributed by atoms with Crippen molar-refractivity contribution in [1.82, 2.24) is 19.9 Å². The number of nitrogens with one attached hydrogen (secondary N) is 1. The van der Waals surface area contributed by atoms with Crippen LogP contribution in [0.1, 0.15) is 16.1 Å². The molecule has 0 aliphatic carbocycles. The molecule has 0 aliphatic heterocycles. The number of pyridine rings is 1. The highest BCUT2D eigenvalue weighted by atomic mass is 16.2. The third kappa shape index (κ3) is 3.25. The number of carbonyl (C=O) groups is 1. The standard InChI is InChI=1S/C13H15N5O/c1-14-12-8-16-11(7-17-12)13(19)18(2)9-10-4-3-5-15-6-10/h3-8H,9H2,1-2H3,(H,14,17). The van der Waals surface area contributed by atoms with Gasteiger partial charge >= 0.3 is 0 Å². The number of rotatable bonds is 4. The Morgan fingerprint density at radius 1 is 1.32 bits per heavy atom. The molecule has 0 aromatic carbocycles. The summed E-state index contributed by atoms with van der Waals surface area (Å²) in [7, 11) is 3.48. The molecule has 2 aromatic rings. The van der Waals surface area contributed by atoms with Crippen LogP contribution in [0.25, 0.3) is 0 Å². The lowest BCUT2D eigenvalue weighted by molar-refractivity contribution is 0.0779. The van der Waals surface area contributed by atoms with Crippen LogP contribution in [0.2, 0.25) is 0 Å². The van der Waals surface area contributed by atoms with E-state index < -0.39 is 0 Å². The second-order valence-electron chi connectivity index (χ2n) is 4.06. The molecule has 6 nitrogen and oxygen atoms in total. The molecule has 0 fully saturated rings. The number of hydrogen-bond acceptors (Lipinski definition) is 5. The molecule has 0 spiro atoms. The summed E-state index contributed by atoms with van der Waals surface area (Å²) in [6.45, 7) is 0.488. The lowest BCUT2D eigenvalue weighted by Crippen LogP contribution is -2.27. The topological polar surface area (TPSA) is 71.0 Å². The van der Waals surface area contributed by atoms with Gasteiger partial charge in [-0.05, 0) is 11.6 Å². The molecule has 0 unspecified atom stereocenters. The number of carbonyl (C=O) groups excluding carboxylic acids is 1. The van der Waals surface area contributed by atoms with E-state index in [0.717, 1.165) is 5.56 Å². The summed E-state index contributed by atoms with van der Waals surface area (Å²) < 4.78 is 0. The fourth-order valence-electron chi connectivity index (χ4n) is 1.60. The lowest BCUT2D eigenvalue weighted by atomic mass is 10.2. The van der Waals surface area contributed by atoms with Gasteiger partial charge in [-0.25, -0.2) is 9.97 Å². The van der Waals surface area contributed by atoms with Crippen molar-refractivity contribution in [2.24, 2.45) is 0 Å². The van der Waals surface area contributed by atoms with Crippen LogP contribution in [-0.2, 0) is 6.54 Å². The Labute approximate surface area is 111 Å². The Hall–Kier alpha value is -2.50. The average molecular weight is 257 g/mol. The molecule has 1 N–H and O–H groups in total. The first-order chi connectivity index (χ1) is 9.20. The van der Waals surface area contributed by atoms with Gasteiger partial charge in [0.15, 0.2) is 0 Å². The Morgan fingerprint density at radius 3 is 2.74 bits per heavy atom. The van der Waals surface area contributed by atoms with E-state index in [9.17, 15) is 4.79 Å². The van der Waals surface area contributed by atoms with Crippen LogP contribution in [0.5, 0.6) is 0 Å². The van der Waals surface area contributed by atoms with E-state index in [1.165, 1.54) is 12.4 Å². The van der Waals surface area contributed by atoms with Crippen molar-refractivity contribution in [2.75, 3.05) is 19.4 Å². The fraction of sp³-hybridized carbons (Fsp3) is 0.231. The van der Waals surface area contributed by atoms with Crippen molar-refractivity contribution in [1.29, 1.82) is 0 Å². The van der Waals surface area contributed by atoms with E-state index >= 15 is 0 Å². The van der Waals surface area contributed by atoms with E-state index in [4.69, 9.17) is 0 Å². The van der Waals surface area contributed by atoms with Crippen molar-refractivity contribution in [3.8, 4) is 0 Å². The molecule has 0 radical (unpaired) electrons. The first kappa shape index (κ1) is 12.9. The summed E-state index contributed by atoms with van der Waals surface area (Å²) >= 11 is 0. The summed E-state index contributed by atoms with van der Waals surface area (Å²) in [6, 6.07) is 3.77. The zero-order chi connectivity index (χ0) is 13.7. The van der Waals surface area contributed by atoms with Crippen LogP contribution in [0.4, 0.5) is 5.82 Å². The Balaban J connectivity index is 2.06. The summed E-state index contributed by atoms with van der Waals surface area (Å²) in [5, 5.41) is 2.86. The molecule has 6 heteroatoms. The summed E-state index contributed by atoms with van der Waals surface area (Å²) in [4.78, 5) is 25.9. The molecular formula is C13H15N5O. The van der Waals surface area contributed by atoms with E-state index in [1.54, 1.807) is 31.4 Å². The van der Waals surface area contributed by atoms with Crippen LogP contribution in [0.3, 0.4) is 0 Å². The maximum Gasteiger partial charge on any atom is 0.274 e. The number of aromatic nitrogens is 3. The van der Waals surface area contributed by atoms with Crippen LogP contribution in [-0.4, -0.2) is 39.9 Å².